The van der Waals surface area contributed by atoms with Crippen molar-refractivity contribution in [1.82, 2.24) is 15.6 Å². The van der Waals surface area contributed by atoms with E-state index in [1.807, 2.05) is 6.07 Å². The Labute approximate surface area is 124 Å². The molecule has 0 saturated carbocycles. The second-order valence-electron chi connectivity index (χ2n) is 5.15. The summed E-state index contributed by atoms with van der Waals surface area (Å²) in [4.78, 5) is 15.6. The number of pyridine rings is 1. The normalized spacial score (nSPS) is 12.2. The van der Waals surface area contributed by atoms with Gasteiger partial charge in [0.15, 0.2) is 0 Å². The molecule has 112 valence electrons. The first-order valence-corrected chi connectivity index (χ1v) is 7.14. The van der Waals surface area contributed by atoms with E-state index >= 15 is 0 Å². The lowest BCUT2D eigenvalue weighted by Crippen LogP contribution is -2.44. The van der Waals surface area contributed by atoms with Gasteiger partial charge in [-0.15, -0.1) is 0 Å². The monoisotopic (exact) mass is 299 g/mol. The molecule has 0 aliphatic heterocycles. The highest BCUT2D eigenvalue weighted by molar-refractivity contribution is 6.29. The summed E-state index contributed by atoms with van der Waals surface area (Å²) in [5.74, 6) is 0.424. The fourth-order valence-corrected chi connectivity index (χ4v) is 1.97. The molecule has 1 heterocycles. The molecule has 0 fully saturated rings. The van der Waals surface area contributed by atoms with Crippen LogP contribution in [0.4, 0.5) is 4.79 Å². The Morgan fingerprint density at radius 2 is 2.20 bits per heavy atom. The van der Waals surface area contributed by atoms with Crippen LogP contribution in [0.5, 0.6) is 0 Å². The van der Waals surface area contributed by atoms with Gasteiger partial charge in [-0.25, -0.2) is 9.78 Å². The van der Waals surface area contributed by atoms with Crippen LogP contribution in [0.25, 0.3) is 0 Å². The van der Waals surface area contributed by atoms with Crippen LogP contribution in [-0.4, -0.2) is 35.3 Å². The van der Waals surface area contributed by atoms with Crippen LogP contribution in [0.1, 0.15) is 25.8 Å². The molecule has 0 bridgehead atoms. The number of carbonyl (C=O) groups excluding carboxylic acids is 1. The third kappa shape index (κ3) is 6.73. The predicted molar refractivity (Wildman–Crippen MR) is 79.8 cm³/mol. The van der Waals surface area contributed by atoms with Gasteiger partial charge in [0, 0.05) is 12.7 Å². The van der Waals surface area contributed by atoms with Crippen molar-refractivity contribution >= 4 is 17.6 Å². The lowest BCUT2D eigenvalue weighted by Gasteiger charge is -2.18. The Kier molecular flexibility index (Phi) is 7.33. The minimum Gasteiger partial charge on any atom is -0.394 e. The fraction of sp³-hybridized carbons (Fsp3) is 0.571. The van der Waals surface area contributed by atoms with Crippen LogP contribution in [0.2, 0.25) is 5.15 Å². The maximum absolute atomic E-state index is 11.7. The number of aromatic nitrogens is 1. The van der Waals surface area contributed by atoms with Crippen molar-refractivity contribution in [2.45, 2.75) is 32.7 Å². The van der Waals surface area contributed by atoms with Gasteiger partial charge in [-0.1, -0.05) is 31.5 Å². The molecule has 1 aromatic rings. The lowest BCUT2D eigenvalue weighted by molar-refractivity contribution is 0.207. The second-order valence-corrected chi connectivity index (χ2v) is 5.54. The zero-order valence-electron chi connectivity index (χ0n) is 11.9. The predicted octanol–water partition coefficient (Wildman–Crippen LogP) is 1.98. The highest BCUT2D eigenvalue weighted by Gasteiger charge is 2.12. The van der Waals surface area contributed by atoms with Gasteiger partial charge < -0.3 is 15.7 Å². The van der Waals surface area contributed by atoms with Crippen LogP contribution in [0.15, 0.2) is 18.3 Å². The van der Waals surface area contributed by atoms with Crippen molar-refractivity contribution in [2.24, 2.45) is 5.92 Å². The van der Waals surface area contributed by atoms with Gasteiger partial charge in [-0.3, -0.25) is 0 Å². The smallest absolute Gasteiger partial charge is 0.315 e. The topological polar surface area (TPSA) is 74.2 Å². The number of halogens is 1. The zero-order chi connectivity index (χ0) is 15.0. The van der Waals surface area contributed by atoms with Gasteiger partial charge in [0.25, 0.3) is 0 Å². The highest BCUT2D eigenvalue weighted by atomic mass is 35.5. The molecule has 1 rings (SSSR count). The Morgan fingerprint density at radius 1 is 1.45 bits per heavy atom. The highest BCUT2D eigenvalue weighted by Crippen LogP contribution is 2.05. The van der Waals surface area contributed by atoms with Crippen molar-refractivity contribution in [3.05, 3.63) is 29.0 Å². The molecule has 3 N–H and O–H groups in total. The van der Waals surface area contributed by atoms with Crippen LogP contribution < -0.4 is 10.6 Å². The first-order chi connectivity index (χ1) is 9.51. The van der Waals surface area contributed by atoms with Gasteiger partial charge >= 0.3 is 6.03 Å². The minimum absolute atomic E-state index is 0.0489. The number of hydrogen-bond acceptors (Lipinski definition) is 3. The SMILES string of the molecule is CC(C)CC(CO)NC(=O)NCCc1ccc(Cl)nc1. The molecule has 0 aliphatic carbocycles. The van der Waals surface area contributed by atoms with E-state index in [-0.39, 0.29) is 18.7 Å². The van der Waals surface area contributed by atoms with Crippen LogP contribution in [0.3, 0.4) is 0 Å². The van der Waals surface area contributed by atoms with Crippen LogP contribution in [0, 0.1) is 5.92 Å². The van der Waals surface area contributed by atoms with E-state index in [0.717, 1.165) is 12.0 Å². The summed E-state index contributed by atoms with van der Waals surface area (Å²) < 4.78 is 0. The van der Waals surface area contributed by atoms with E-state index in [4.69, 9.17) is 11.6 Å². The number of hydrogen-bond donors (Lipinski definition) is 3. The van der Waals surface area contributed by atoms with Crippen molar-refractivity contribution in [3.63, 3.8) is 0 Å². The van der Waals surface area contributed by atoms with Crippen molar-refractivity contribution in [3.8, 4) is 0 Å². The molecule has 20 heavy (non-hydrogen) atoms. The fourth-order valence-electron chi connectivity index (χ4n) is 1.86. The molecular weight excluding hydrogens is 278 g/mol. The maximum atomic E-state index is 11.7. The molecule has 0 saturated heterocycles. The van der Waals surface area contributed by atoms with Gasteiger partial charge in [0.2, 0.25) is 0 Å². The molecule has 1 unspecified atom stereocenters. The van der Waals surface area contributed by atoms with Crippen LogP contribution >= 0.6 is 11.6 Å². The van der Waals surface area contributed by atoms with E-state index in [2.05, 4.69) is 29.5 Å². The zero-order valence-corrected chi connectivity index (χ0v) is 12.7. The van der Waals surface area contributed by atoms with E-state index in [1.54, 1.807) is 12.3 Å². The Bertz CT molecular complexity index is 409. The van der Waals surface area contributed by atoms with Gasteiger partial charge in [-0.05, 0) is 30.4 Å². The molecular formula is C14H22ClN3O2. The molecule has 1 aromatic heterocycles. The first-order valence-electron chi connectivity index (χ1n) is 6.77. The summed E-state index contributed by atoms with van der Waals surface area (Å²) in [5.41, 5.74) is 1.01. The summed E-state index contributed by atoms with van der Waals surface area (Å²) in [6.07, 6.45) is 3.13. The van der Waals surface area contributed by atoms with E-state index in [9.17, 15) is 9.90 Å². The summed E-state index contributed by atoms with van der Waals surface area (Å²) in [6, 6.07) is 3.14. The number of urea groups is 1. The second kappa shape index (κ2) is 8.76. The maximum Gasteiger partial charge on any atom is 0.315 e. The number of aliphatic hydroxyl groups excluding tert-OH is 1. The summed E-state index contributed by atoms with van der Waals surface area (Å²) in [7, 11) is 0. The van der Waals surface area contributed by atoms with Gasteiger partial charge in [-0.2, -0.15) is 0 Å². The molecule has 0 aliphatic rings. The largest absolute Gasteiger partial charge is 0.394 e. The number of nitrogens with zero attached hydrogens (tertiary/aromatic N) is 1. The van der Waals surface area contributed by atoms with E-state index < -0.39 is 0 Å². The van der Waals surface area contributed by atoms with Gasteiger partial charge in [0.1, 0.15) is 5.15 Å². The number of carbonyl (C=O) groups is 1. The molecule has 1 atom stereocenters. The summed E-state index contributed by atoms with van der Waals surface area (Å²) in [6.45, 7) is 4.56. The molecule has 0 aromatic carbocycles. The Balaban J connectivity index is 2.27. The first kappa shape index (κ1) is 16.7. The quantitative estimate of drug-likeness (QED) is 0.674. The standard InChI is InChI=1S/C14H22ClN3O2/c1-10(2)7-12(9-19)18-14(20)16-6-5-11-3-4-13(15)17-8-11/h3-4,8,10,12,19H,5-7,9H2,1-2H3,(H2,16,18,20). The Morgan fingerprint density at radius 3 is 2.75 bits per heavy atom. The third-order valence-electron chi connectivity index (χ3n) is 2.80. The molecule has 0 spiro atoms. The van der Waals surface area contributed by atoms with E-state index in [1.165, 1.54) is 0 Å². The number of aliphatic hydroxyl groups is 1. The lowest BCUT2D eigenvalue weighted by atomic mass is 10.0. The summed E-state index contributed by atoms with van der Waals surface area (Å²) in [5, 5.41) is 15.2. The van der Waals surface area contributed by atoms with E-state index in [0.29, 0.717) is 24.0 Å². The minimum atomic E-state index is -0.258. The third-order valence-corrected chi connectivity index (χ3v) is 3.02. The number of amides is 2. The van der Waals surface area contributed by atoms with Crippen molar-refractivity contribution in [1.29, 1.82) is 0 Å². The number of rotatable bonds is 7. The molecule has 6 heteroatoms. The average Bonchev–Trinajstić information content (AvgIpc) is 2.39. The molecule has 0 radical (unpaired) electrons. The van der Waals surface area contributed by atoms with Crippen molar-refractivity contribution < 1.29 is 9.90 Å². The van der Waals surface area contributed by atoms with Crippen LogP contribution in [-0.2, 0) is 6.42 Å². The molecule has 2 amide bonds. The Hall–Kier alpha value is -1.33. The number of nitrogens with one attached hydrogen (secondary N) is 2. The summed E-state index contributed by atoms with van der Waals surface area (Å²) >= 11 is 5.70. The van der Waals surface area contributed by atoms with Crippen molar-refractivity contribution in [2.75, 3.05) is 13.2 Å². The average molecular weight is 300 g/mol. The molecule has 5 nitrogen and oxygen atoms in total. The van der Waals surface area contributed by atoms with Gasteiger partial charge in [0.05, 0.1) is 12.6 Å².